The zero-order chi connectivity index (χ0) is 51.5. The van der Waals surface area contributed by atoms with Gasteiger partial charge < -0.3 is 18.9 Å². The standard InChI is InChI=1S/C72H48N6/c1-5-19-55(20-6-1)75(56-21-7-2-8-22-56)59-37-39-69-65(46-59)63-27-13-15-29-67(63)77(69)61-43-53(49-31-33-50(34-32-49)54-42-52-36-35-51-18-17-41-73-71(51)72(52)74-48-54)44-62(45-61)78-68-30-16-14-28-64(68)66-47-60(38-40-70(66)78)76(57-23-9-3-10-24-57)58-25-11-4-12-26-58/h1-48H. The minimum atomic E-state index is 0.912. The second kappa shape index (κ2) is 18.7. The summed E-state index contributed by atoms with van der Waals surface area (Å²) in [5.41, 5.74) is 19.4. The molecule has 4 heterocycles. The number of anilines is 6. The van der Waals surface area contributed by atoms with E-state index in [4.69, 9.17) is 4.98 Å². The van der Waals surface area contributed by atoms with Crippen LogP contribution in [0.5, 0.6) is 0 Å². The predicted molar refractivity (Wildman–Crippen MR) is 326 cm³/mol. The highest BCUT2D eigenvalue weighted by Gasteiger charge is 2.22. The van der Waals surface area contributed by atoms with Gasteiger partial charge in [-0.05, 0) is 144 Å². The van der Waals surface area contributed by atoms with E-state index in [2.05, 4.69) is 297 Å². The van der Waals surface area contributed by atoms with Crippen LogP contribution in [-0.2, 0) is 0 Å². The number of hydrogen-bond donors (Lipinski definition) is 0. The molecule has 15 rings (SSSR count). The van der Waals surface area contributed by atoms with Crippen molar-refractivity contribution in [3.8, 4) is 33.6 Å². The third-order valence-corrected chi connectivity index (χ3v) is 15.3. The van der Waals surface area contributed by atoms with E-state index >= 15 is 0 Å². The Morgan fingerprint density at radius 2 is 0.679 bits per heavy atom. The maximum atomic E-state index is 4.96. The molecule has 0 spiro atoms. The Balaban J connectivity index is 0.927. The summed E-state index contributed by atoms with van der Waals surface area (Å²) in [7, 11) is 0. The minimum absolute atomic E-state index is 0.912. The molecule has 0 N–H and O–H groups in total. The number of aromatic nitrogens is 4. The predicted octanol–water partition coefficient (Wildman–Crippen LogP) is 19.3. The number of hydrogen-bond acceptors (Lipinski definition) is 4. The van der Waals surface area contributed by atoms with Crippen molar-refractivity contribution >= 4 is 99.5 Å². The lowest BCUT2D eigenvalue weighted by atomic mass is 9.99. The topological polar surface area (TPSA) is 42.1 Å². The van der Waals surface area contributed by atoms with Crippen LogP contribution in [0.4, 0.5) is 34.1 Å². The lowest BCUT2D eigenvalue weighted by Crippen LogP contribution is -2.09. The lowest BCUT2D eigenvalue weighted by Gasteiger charge is -2.25. The van der Waals surface area contributed by atoms with Crippen molar-refractivity contribution in [2.75, 3.05) is 9.80 Å². The fourth-order valence-corrected chi connectivity index (χ4v) is 11.7. The molecule has 0 unspecified atom stereocenters. The van der Waals surface area contributed by atoms with E-state index in [1.54, 1.807) is 0 Å². The van der Waals surface area contributed by atoms with Gasteiger partial charge in [-0.3, -0.25) is 9.97 Å². The molecule has 0 aliphatic heterocycles. The highest BCUT2D eigenvalue weighted by molar-refractivity contribution is 6.13. The molecule has 0 radical (unpaired) electrons. The van der Waals surface area contributed by atoms with Gasteiger partial charge in [-0.2, -0.15) is 0 Å². The fourth-order valence-electron chi connectivity index (χ4n) is 11.7. The molecular formula is C72H48N6. The van der Waals surface area contributed by atoms with Crippen molar-refractivity contribution in [1.29, 1.82) is 0 Å². The van der Waals surface area contributed by atoms with Gasteiger partial charge in [-0.15, -0.1) is 0 Å². The molecule has 0 saturated heterocycles. The fraction of sp³-hybridized carbons (Fsp3) is 0. The maximum Gasteiger partial charge on any atom is 0.0964 e. The quantitative estimate of drug-likeness (QED) is 0.128. The monoisotopic (exact) mass is 996 g/mol. The van der Waals surface area contributed by atoms with Gasteiger partial charge in [-0.25, -0.2) is 0 Å². The summed E-state index contributed by atoms with van der Waals surface area (Å²) in [6, 6.07) is 101. The van der Waals surface area contributed by atoms with Gasteiger partial charge in [0.15, 0.2) is 0 Å². The molecule has 0 bridgehead atoms. The largest absolute Gasteiger partial charge is 0.310 e. The number of benzene rings is 11. The third kappa shape index (κ3) is 7.65. The summed E-state index contributed by atoms with van der Waals surface area (Å²) in [5.74, 6) is 0. The van der Waals surface area contributed by atoms with Crippen LogP contribution in [0.15, 0.2) is 291 Å². The van der Waals surface area contributed by atoms with Crippen LogP contribution in [0, 0.1) is 0 Å². The van der Waals surface area contributed by atoms with E-state index in [-0.39, 0.29) is 0 Å². The van der Waals surface area contributed by atoms with Crippen molar-refractivity contribution in [2.24, 2.45) is 0 Å². The molecule has 6 nitrogen and oxygen atoms in total. The van der Waals surface area contributed by atoms with Crippen LogP contribution in [-0.4, -0.2) is 19.1 Å². The Morgan fingerprint density at radius 1 is 0.256 bits per heavy atom. The number of pyridine rings is 2. The van der Waals surface area contributed by atoms with Crippen molar-refractivity contribution < 1.29 is 0 Å². The normalized spacial score (nSPS) is 11.6. The summed E-state index contributed by atoms with van der Waals surface area (Å²) in [4.78, 5) is 14.3. The van der Waals surface area contributed by atoms with Crippen molar-refractivity contribution in [3.63, 3.8) is 0 Å². The lowest BCUT2D eigenvalue weighted by molar-refractivity contribution is 1.13. The van der Waals surface area contributed by atoms with E-state index in [0.717, 1.165) is 112 Å². The summed E-state index contributed by atoms with van der Waals surface area (Å²) >= 11 is 0. The van der Waals surface area contributed by atoms with Crippen LogP contribution >= 0.6 is 0 Å². The molecule has 15 aromatic rings. The SMILES string of the molecule is c1ccc(N(c2ccccc2)c2ccc3c(c2)c2ccccc2n3-c2cc(-c3ccc(-c4cnc5c(ccc6cccnc65)c4)cc3)cc(-n3c4ccccc4c4cc(N(c5ccccc5)c5ccccc5)ccc43)c2)cc1. The van der Waals surface area contributed by atoms with Crippen LogP contribution < -0.4 is 9.80 Å². The Hall–Kier alpha value is -10.6. The summed E-state index contributed by atoms with van der Waals surface area (Å²) in [5, 5.41) is 6.88. The van der Waals surface area contributed by atoms with Crippen LogP contribution in [0.25, 0.3) is 99.0 Å². The van der Waals surface area contributed by atoms with E-state index in [1.165, 1.54) is 21.5 Å². The number of para-hydroxylation sites is 6. The summed E-state index contributed by atoms with van der Waals surface area (Å²) in [6.45, 7) is 0. The van der Waals surface area contributed by atoms with E-state index in [0.29, 0.717) is 0 Å². The molecule has 0 amide bonds. The molecule has 0 aliphatic rings. The zero-order valence-electron chi connectivity index (χ0n) is 42.4. The second-order valence-electron chi connectivity index (χ2n) is 19.9. The van der Waals surface area contributed by atoms with Crippen LogP contribution in [0.3, 0.4) is 0 Å². The van der Waals surface area contributed by atoms with Gasteiger partial charge in [0.2, 0.25) is 0 Å². The molecule has 0 atom stereocenters. The highest BCUT2D eigenvalue weighted by atomic mass is 15.1. The first kappa shape index (κ1) is 44.9. The number of nitrogens with zero attached hydrogens (tertiary/aromatic N) is 6. The van der Waals surface area contributed by atoms with Gasteiger partial charge in [0, 0.05) is 95.8 Å². The average Bonchev–Trinajstić information content (AvgIpc) is 4.26. The van der Waals surface area contributed by atoms with E-state index < -0.39 is 0 Å². The van der Waals surface area contributed by atoms with Gasteiger partial charge in [0.05, 0.1) is 33.1 Å². The average molecular weight is 997 g/mol. The van der Waals surface area contributed by atoms with Crippen molar-refractivity contribution in [1.82, 2.24) is 19.1 Å². The van der Waals surface area contributed by atoms with Crippen molar-refractivity contribution in [2.45, 2.75) is 0 Å². The molecule has 4 aromatic heterocycles. The van der Waals surface area contributed by atoms with Gasteiger partial charge in [0.25, 0.3) is 0 Å². The molecule has 0 aliphatic carbocycles. The Labute approximate surface area is 451 Å². The molecule has 11 aromatic carbocycles. The van der Waals surface area contributed by atoms with Crippen LogP contribution in [0.1, 0.15) is 0 Å². The molecule has 6 heteroatoms. The van der Waals surface area contributed by atoms with Crippen LogP contribution in [0.2, 0.25) is 0 Å². The first-order valence-electron chi connectivity index (χ1n) is 26.5. The number of rotatable bonds is 10. The first-order chi connectivity index (χ1) is 38.7. The molecular weight excluding hydrogens is 949 g/mol. The zero-order valence-corrected chi connectivity index (χ0v) is 42.4. The second-order valence-corrected chi connectivity index (χ2v) is 19.9. The third-order valence-electron chi connectivity index (χ3n) is 15.3. The summed E-state index contributed by atoms with van der Waals surface area (Å²) < 4.78 is 4.90. The molecule has 0 saturated carbocycles. The minimum Gasteiger partial charge on any atom is -0.310 e. The summed E-state index contributed by atoms with van der Waals surface area (Å²) in [6.07, 6.45) is 3.81. The molecule has 0 fully saturated rings. The Kier molecular flexibility index (Phi) is 10.7. The van der Waals surface area contributed by atoms with Gasteiger partial charge >= 0.3 is 0 Å². The number of fused-ring (bicyclic) bond motifs is 9. The highest BCUT2D eigenvalue weighted by Crippen LogP contribution is 2.44. The van der Waals surface area contributed by atoms with E-state index in [9.17, 15) is 0 Å². The Morgan fingerprint density at radius 3 is 1.18 bits per heavy atom. The molecule has 78 heavy (non-hydrogen) atoms. The first-order valence-corrected chi connectivity index (χ1v) is 26.5. The maximum absolute atomic E-state index is 4.96. The Bertz CT molecular complexity index is 4420. The van der Waals surface area contributed by atoms with E-state index in [1.807, 2.05) is 18.5 Å². The van der Waals surface area contributed by atoms with Gasteiger partial charge in [-0.1, -0.05) is 152 Å². The van der Waals surface area contributed by atoms with Gasteiger partial charge in [0.1, 0.15) is 0 Å². The molecule has 366 valence electrons. The smallest absolute Gasteiger partial charge is 0.0964 e. The van der Waals surface area contributed by atoms with Crippen molar-refractivity contribution in [3.05, 3.63) is 291 Å².